The zero-order valence-electron chi connectivity index (χ0n) is 14.2. The Morgan fingerprint density at radius 2 is 1.78 bits per heavy atom. The van der Waals surface area contributed by atoms with Gasteiger partial charge in [-0.15, -0.1) is 0 Å². The summed E-state index contributed by atoms with van der Waals surface area (Å²) in [5, 5.41) is 3.38. The molecule has 0 bridgehead atoms. The lowest BCUT2D eigenvalue weighted by atomic mass is 10.1. The number of carbonyl (C=O) groups excluding carboxylic acids is 2. The number of anilines is 1. The third-order valence-electron chi connectivity index (χ3n) is 3.56. The highest BCUT2D eigenvalue weighted by Crippen LogP contribution is 2.33. The van der Waals surface area contributed by atoms with Crippen molar-refractivity contribution < 1.29 is 31.9 Å². The molecular formula is C17H15F4N3O3. The first-order valence-electron chi connectivity index (χ1n) is 7.54. The van der Waals surface area contributed by atoms with Crippen molar-refractivity contribution in [1.82, 2.24) is 10.3 Å². The number of esters is 1. The minimum absolute atomic E-state index is 0.350. The minimum atomic E-state index is -5.34. The molecular weight excluding hydrogens is 370 g/mol. The molecule has 0 fully saturated rings. The molecule has 2 rings (SSSR count). The third-order valence-corrected chi connectivity index (χ3v) is 3.56. The second-order valence-electron chi connectivity index (χ2n) is 5.52. The van der Waals surface area contributed by atoms with Gasteiger partial charge in [0.05, 0.1) is 12.7 Å². The van der Waals surface area contributed by atoms with Crippen LogP contribution in [0.15, 0.2) is 42.6 Å². The normalized spacial score (nSPS) is 13.4. The first-order valence-corrected chi connectivity index (χ1v) is 7.54. The van der Waals surface area contributed by atoms with Crippen LogP contribution in [-0.2, 0) is 9.53 Å². The predicted octanol–water partition coefficient (Wildman–Crippen LogP) is 2.80. The van der Waals surface area contributed by atoms with Crippen LogP contribution < -0.4 is 10.6 Å². The topological polar surface area (TPSA) is 80.3 Å². The van der Waals surface area contributed by atoms with Gasteiger partial charge in [0.2, 0.25) is 0 Å². The van der Waals surface area contributed by atoms with E-state index in [4.69, 9.17) is 0 Å². The lowest BCUT2D eigenvalue weighted by Crippen LogP contribution is -2.69. The van der Waals surface area contributed by atoms with Crippen molar-refractivity contribution in [3.63, 3.8) is 0 Å². The summed E-state index contributed by atoms with van der Waals surface area (Å²) in [6.07, 6.45) is -4.08. The van der Waals surface area contributed by atoms with Gasteiger partial charge in [0, 0.05) is 6.20 Å². The zero-order valence-corrected chi connectivity index (χ0v) is 14.2. The van der Waals surface area contributed by atoms with Crippen LogP contribution in [0.5, 0.6) is 0 Å². The molecule has 0 aliphatic rings. The van der Waals surface area contributed by atoms with E-state index in [1.165, 1.54) is 35.8 Å². The fourth-order valence-corrected chi connectivity index (χ4v) is 2.16. The number of ether oxygens (including phenoxy) is 1. The molecule has 1 aromatic carbocycles. The summed E-state index contributed by atoms with van der Waals surface area (Å²) < 4.78 is 59.6. The van der Waals surface area contributed by atoms with Crippen molar-refractivity contribution in [2.75, 3.05) is 12.4 Å². The molecule has 0 saturated heterocycles. The second-order valence-corrected chi connectivity index (χ2v) is 5.52. The molecule has 27 heavy (non-hydrogen) atoms. The molecule has 2 N–H and O–H groups in total. The van der Waals surface area contributed by atoms with Gasteiger partial charge in [0.1, 0.15) is 11.6 Å². The summed E-state index contributed by atoms with van der Waals surface area (Å²) in [5.41, 5.74) is -3.69. The van der Waals surface area contributed by atoms with Gasteiger partial charge in [0.25, 0.3) is 5.91 Å². The van der Waals surface area contributed by atoms with E-state index in [2.05, 4.69) is 9.72 Å². The van der Waals surface area contributed by atoms with E-state index in [0.29, 0.717) is 5.56 Å². The number of pyridine rings is 1. The Labute approximate surface area is 151 Å². The average molecular weight is 385 g/mol. The number of rotatable bonds is 5. The first-order chi connectivity index (χ1) is 12.6. The summed E-state index contributed by atoms with van der Waals surface area (Å²) in [7, 11) is 0.725. The molecule has 2 aromatic rings. The van der Waals surface area contributed by atoms with Gasteiger partial charge in [-0.3, -0.25) is 4.79 Å². The van der Waals surface area contributed by atoms with Gasteiger partial charge in [-0.25, -0.2) is 14.2 Å². The van der Waals surface area contributed by atoms with Gasteiger partial charge in [0.15, 0.2) is 0 Å². The number of hydrogen-bond acceptors (Lipinski definition) is 5. The Bertz CT molecular complexity index is 840. The number of hydrogen-bond donors (Lipinski definition) is 2. The molecule has 0 unspecified atom stereocenters. The Morgan fingerprint density at radius 3 is 2.30 bits per heavy atom. The third kappa shape index (κ3) is 4.15. The molecule has 0 aliphatic carbocycles. The van der Waals surface area contributed by atoms with E-state index < -0.39 is 35.1 Å². The molecule has 144 valence electrons. The van der Waals surface area contributed by atoms with Crippen molar-refractivity contribution in [3.05, 3.63) is 59.5 Å². The molecule has 6 nitrogen and oxygen atoms in total. The standard InChI is InChI=1S/C17H15F4N3O3/c1-10-7-8-13(22-9-10)23-16(15(26)27-2,17(19,20)21)24-14(25)11-5-3-4-6-12(11)18/h3-9H,1-2H3,(H,22,23)(H,24,25)/t16-/m1/s1. The number of benzene rings is 1. The van der Waals surface area contributed by atoms with Gasteiger partial charge in [-0.05, 0) is 30.7 Å². The molecule has 1 aromatic heterocycles. The van der Waals surface area contributed by atoms with Crippen LogP contribution >= 0.6 is 0 Å². The molecule has 1 amide bonds. The molecule has 0 aliphatic heterocycles. The summed E-state index contributed by atoms with van der Waals surface area (Å²) in [6, 6.07) is 7.04. The van der Waals surface area contributed by atoms with Crippen molar-refractivity contribution in [1.29, 1.82) is 0 Å². The number of nitrogens with zero attached hydrogens (tertiary/aromatic N) is 1. The van der Waals surface area contributed by atoms with Crippen LogP contribution in [0.25, 0.3) is 0 Å². The Hall–Kier alpha value is -3.17. The zero-order chi connectivity index (χ0) is 20.2. The van der Waals surface area contributed by atoms with Crippen molar-refractivity contribution in [2.45, 2.75) is 18.8 Å². The maximum atomic E-state index is 13.9. The maximum Gasteiger partial charge on any atom is 0.441 e. The van der Waals surface area contributed by atoms with E-state index in [1.54, 1.807) is 6.92 Å². The van der Waals surface area contributed by atoms with Gasteiger partial charge in [-0.1, -0.05) is 18.2 Å². The molecule has 0 spiro atoms. The molecule has 0 saturated carbocycles. The predicted molar refractivity (Wildman–Crippen MR) is 87.3 cm³/mol. The van der Waals surface area contributed by atoms with E-state index in [-0.39, 0.29) is 5.82 Å². The number of alkyl halides is 3. The average Bonchev–Trinajstić information content (AvgIpc) is 2.61. The van der Waals surface area contributed by atoms with Crippen molar-refractivity contribution in [3.8, 4) is 0 Å². The van der Waals surface area contributed by atoms with E-state index in [0.717, 1.165) is 19.2 Å². The number of halogens is 4. The van der Waals surface area contributed by atoms with Crippen molar-refractivity contribution >= 4 is 17.7 Å². The van der Waals surface area contributed by atoms with Crippen LogP contribution in [0.4, 0.5) is 23.4 Å². The van der Waals surface area contributed by atoms with E-state index in [9.17, 15) is 27.2 Å². The van der Waals surface area contributed by atoms with Crippen LogP contribution in [0.1, 0.15) is 15.9 Å². The molecule has 1 heterocycles. The fraction of sp³-hybridized carbons (Fsp3) is 0.235. The number of nitrogens with one attached hydrogen (secondary N) is 2. The van der Waals surface area contributed by atoms with Gasteiger partial charge < -0.3 is 15.4 Å². The van der Waals surface area contributed by atoms with E-state index in [1.807, 2.05) is 5.32 Å². The van der Waals surface area contributed by atoms with Crippen LogP contribution in [0.2, 0.25) is 0 Å². The highest BCUT2D eigenvalue weighted by molar-refractivity contribution is 5.99. The second kappa shape index (κ2) is 7.60. The monoisotopic (exact) mass is 385 g/mol. The summed E-state index contributed by atoms with van der Waals surface area (Å²) in [6.45, 7) is 1.66. The van der Waals surface area contributed by atoms with E-state index >= 15 is 0 Å². The number of aromatic nitrogens is 1. The Kier molecular flexibility index (Phi) is 5.67. The summed E-state index contributed by atoms with van der Waals surface area (Å²) in [5.74, 6) is -4.71. The van der Waals surface area contributed by atoms with Gasteiger partial charge in [-0.2, -0.15) is 13.2 Å². The SMILES string of the molecule is COC(=O)[C@](NC(=O)c1ccccc1F)(Nc1ccc(C)cn1)C(F)(F)F. The minimum Gasteiger partial charge on any atom is -0.466 e. The number of aryl methyl sites for hydroxylation is 1. The van der Waals surface area contributed by atoms with Crippen LogP contribution in [0, 0.1) is 12.7 Å². The quantitative estimate of drug-likeness (QED) is 0.470. The molecule has 10 heteroatoms. The Balaban J connectivity index is 2.50. The summed E-state index contributed by atoms with van der Waals surface area (Å²) >= 11 is 0. The number of carbonyl (C=O) groups is 2. The highest BCUT2D eigenvalue weighted by Gasteiger charge is 2.63. The molecule has 0 radical (unpaired) electrons. The molecule has 1 atom stereocenters. The fourth-order valence-electron chi connectivity index (χ4n) is 2.16. The first kappa shape index (κ1) is 20.1. The largest absolute Gasteiger partial charge is 0.466 e. The lowest BCUT2D eigenvalue weighted by Gasteiger charge is -2.34. The Morgan fingerprint density at radius 1 is 1.11 bits per heavy atom. The highest BCUT2D eigenvalue weighted by atomic mass is 19.4. The van der Waals surface area contributed by atoms with Gasteiger partial charge >= 0.3 is 17.8 Å². The van der Waals surface area contributed by atoms with Crippen molar-refractivity contribution in [2.24, 2.45) is 0 Å². The number of amides is 1. The smallest absolute Gasteiger partial charge is 0.441 e. The van der Waals surface area contributed by atoms with Crippen LogP contribution in [0.3, 0.4) is 0 Å². The number of methoxy groups -OCH3 is 1. The van der Waals surface area contributed by atoms with Crippen LogP contribution in [-0.4, -0.2) is 35.8 Å². The lowest BCUT2D eigenvalue weighted by molar-refractivity contribution is -0.203. The maximum absolute atomic E-state index is 13.9. The summed E-state index contributed by atoms with van der Waals surface area (Å²) in [4.78, 5) is 28.1.